The van der Waals surface area contributed by atoms with Crippen LogP contribution in [0, 0.1) is 12.7 Å². The van der Waals surface area contributed by atoms with Crippen LogP contribution in [-0.2, 0) is 6.54 Å². The topological polar surface area (TPSA) is 69.9 Å². The first kappa shape index (κ1) is 13.8. The van der Waals surface area contributed by atoms with Crippen LogP contribution in [0.4, 0.5) is 4.39 Å². The van der Waals surface area contributed by atoms with Gasteiger partial charge in [0.15, 0.2) is 0 Å². The molecule has 21 heavy (non-hydrogen) atoms. The fourth-order valence-corrected chi connectivity index (χ4v) is 2.54. The van der Waals surface area contributed by atoms with Crippen LogP contribution in [-0.4, -0.2) is 15.0 Å². The molecule has 0 saturated heterocycles. The third-order valence-electron chi connectivity index (χ3n) is 3.62. The molecule has 6 heteroatoms. The van der Waals surface area contributed by atoms with Crippen LogP contribution in [0.5, 0.6) is 0 Å². The summed E-state index contributed by atoms with van der Waals surface area (Å²) in [6.07, 6.45) is 2.58. The highest BCUT2D eigenvalue weighted by Gasteiger charge is 2.22. The largest absolute Gasteiger partial charge is 0.459 e. The Bertz CT molecular complexity index is 777. The SMILES string of the molecule is CCCn1nncc1C(N)c1oc2ccc(F)cc2c1C. The van der Waals surface area contributed by atoms with E-state index in [0.717, 1.165) is 29.6 Å². The van der Waals surface area contributed by atoms with Crippen molar-refractivity contribution in [3.05, 3.63) is 47.2 Å². The van der Waals surface area contributed by atoms with Gasteiger partial charge in [0.1, 0.15) is 23.2 Å². The van der Waals surface area contributed by atoms with Crippen LogP contribution in [0.25, 0.3) is 11.0 Å². The van der Waals surface area contributed by atoms with Gasteiger partial charge < -0.3 is 10.2 Å². The predicted molar refractivity (Wildman–Crippen MR) is 77.3 cm³/mol. The molecule has 0 spiro atoms. The molecule has 3 rings (SSSR count). The molecular weight excluding hydrogens is 271 g/mol. The Hall–Kier alpha value is -2.21. The third kappa shape index (κ3) is 2.31. The highest BCUT2D eigenvalue weighted by molar-refractivity contribution is 5.82. The lowest BCUT2D eigenvalue weighted by Gasteiger charge is -2.11. The van der Waals surface area contributed by atoms with Crippen molar-refractivity contribution in [2.24, 2.45) is 5.73 Å². The minimum absolute atomic E-state index is 0.288. The van der Waals surface area contributed by atoms with E-state index in [1.807, 2.05) is 6.92 Å². The molecule has 0 aliphatic heterocycles. The van der Waals surface area contributed by atoms with Crippen molar-refractivity contribution in [2.75, 3.05) is 0 Å². The van der Waals surface area contributed by atoms with Gasteiger partial charge in [0.05, 0.1) is 11.9 Å². The average Bonchev–Trinajstić information content (AvgIpc) is 3.04. The van der Waals surface area contributed by atoms with Gasteiger partial charge in [0.25, 0.3) is 0 Å². The molecule has 2 heterocycles. The number of hydrogen-bond donors (Lipinski definition) is 1. The van der Waals surface area contributed by atoms with Crippen LogP contribution in [0.2, 0.25) is 0 Å². The van der Waals surface area contributed by atoms with E-state index in [1.54, 1.807) is 16.9 Å². The molecule has 1 aromatic carbocycles. The number of benzene rings is 1. The smallest absolute Gasteiger partial charge is 0.134 e. The molecule has 0 aliphatic carbocycles. The van der Waals surface area contributed by atoms with Gasteiger partial charge in [-0.25, -0.2) is 9.07 Å². The Morgan fingerprint density at radius 1 is 1.43 bits per heavy atom. The summed E-state index contributed by atoms with van der Waals surface area (Å²) in [4.78, 5) is 0. The van der Waals surface area contributed by atoms with E-state index in [1.165, 1.54) is 12.1 Å². The van der Waals surface area contributed by atoms with Crippen molar-refractivity contribution < 1.29 is 8.81 Å². The van der Waals surface area contributed by atoms with Gasteiger partial charge in [-0.3, -0.25) is 0 Å². The number of nitrogens with zero attached hydrogens (tertiary/aromatic N) is 3. The normalized spacial score (nSPS) is 13.0. The summed E-state index contributed by atoms with van der Waals surface area (Å²) in [5.74, 6) is 0.333. The molecule has 2 N–H and O–H groups in total. The first-order valence-corrected chi connectivity index (χ1v) is 6.94. The lowest BCUT2D eigenvalue weighted by atomic mass is 10.1. The maximum Gasteiger partial charge on any atom is 0.134 e. The van der Waals surface area contributed by atoms with Gasteiger partial charge in [0, 0.05) is 17.5 Å². The van der Waals surface area contributed by atoms with Crippen LogP contribution in [0.1, 0.15) is 36.4 Å². The van der Waals surface area contributed by atoms with Gasteiger partial charge in [-0.2, -0.15) is 0 Å². The van der Waals surface area contributed by atoms with E-state index < -0.39 is 6.04 Å². The second-order valence-electron chi connectivity index (χ2n) is 5.09. The summed E-state index contributed by atoms with van der Waals surface area (Å²) in [6, 6.07) is 3.99. The minimum atomic E-state index is -0.470. The van der Waals surface area contributed by atoms with Crippen molar-refractivity contribution in [1.29, 1.82) is 0 Å². The van der Waals surface area contributed by atoms with Gasteiger partial charge in [-0.1, -0.05) is 12.1 Å². The first-order chi connectivity index (χ1) is 10.1. The fourth-order valence-electron chi connectivity index (χ4n) is 2.54. The Labute approximate surface area is 121 Å². The molecule has 1 atom stereocenters. The molecule has 0 fully saturated rings. The number of aromatic nitrogens is 3. The number of aryl methyl sites for hydroxylation is 2. The predicted octanol–water partition coefficient (Wildman–Crippen LogP) is 2.93. The molecule has 0 amide bonds. The van der Waals surface area contributed by atoms with Crippen LogP contribution in [0.3, 0.4) is 0 Å². The Morgan fingerprint density at radius 2 is 2.24 bits per heavy atom. The second-order valence-corrected chi connectivity index (χ2v) is 5.09. The monoisotopic (exact) mass is 288 g/mol. The van der Waals surface area contributed by atoms with Gasteiger partial charge in [-0.15, -0.1) is 5.10 Å². The summed E-state index contributed by atoms with van der Waals surface area (Å²) in [7, 11) is 0. The molecule has 5 nitrogen and oxygen atoms in total. The summed E-state index contributed by atoms with van der Waals surface area (Å²) in [5.41, 5.74) is 8.58. The second kappa shape index (κ2) is 5.29. The molecule has 0 saturated carbocycles. The molecule has 3 aromatic rings. The summed E-state index contributed by atoms with van der Waals surface area (Å²) < 4.78 is 21.0. The van der Waals surface area contributed by atoms with E-state index in [2.05, 4.69) is 17.2 Å². The highest BCUT2D eigenvalue weighted by Crippen LogP contribution is 2.31. The Morgan fingerprint density at radius 3 is 3.00 bits per heavy atom. The third-order valence-corrected chi connectivity index (χ3v) is 3.62. The van der Waals surface area contributed by atoms with E-state index in [4.69, 9.17) is 10.2 Å². The maximum atomic E-state index is 13.4. The summed E-state index contributed by atoms with van der Waals surface area (Å²) >= 11 is 0. The van der Waals surface area contributed by atoms with Crippen molar-refractivity contribution >= 4 is 11.0 Å². The van der Waals surface area contributed by atoms with Crippen molar-refractivity contribution in [3.8, 4) is 0 Å². The summed E-state index contributed by atoms with van der Waals surface area (Å²) in [5, 5.41) is 8.70. The maximum absolute atomic E-state index is 13.4. The molecule has 110 valence electrons. The van der Waals surface area contributed by atoms with E-state index in [-0.39, 0.29) is 5.82 Å². The Balaban J connectivity index is 2.07. The number of furan rings is 1. The number of hydrogen-bond acceptors (Lipinski definition) is 4. The molecule has 0 aliphatic rings. The van der Waals surface area contributed by atoms with Gasteiger partial charge in [0.2, 0.25) is 0 Å². The number of fused-ring (bicyclic) bond motifs is 1. The molecule has 0 bridgehead atoms. The van der Waals surface area contributed by atoms with Crippen molar-refractivity contribution in [2.45, 2.75) is 32.9 Å². The van der Waals surface area contributed by atoms with Crippen molar-refractivity contribution in [3.63, 3.8) is 0 Å². The zero-order valence-electron chi connectivity index (χ0n) is 12.0. The van der Waals surface area contributed by atoms with Crippen LogP contribution >= 0.6 is 0 Å². The molecule has 1 unspecified atom stereocenters. The Kier molecular flexibility index (Phi) is 3.47. The van der Waals surface area contributed by atoms with Crippen LogP contribution < -0.4 is 5.73 Å². The zero-order valence-corrected chi connectivity index (χ0v) is 12.0. The number of rotatable bonds is 4. The first-order valence-electron chi connectivity index (χ1n) is 6.94. The standard InChI is InChI=1S/C15H17FN4O/c1-3-6-20-12(8-18-19-20)14(17)15-9(2)11-7-10(16)4-5-13(11)21-15/h4-5,7-8,14H,3,6,17H2,1-2H3. The van der Waals surface area contributed by atoms with Gasteiger partial charge in [-0.05, 0) is 31.5 Å². The van der Waals surface area contributed by atoms with E-state index >= 15 is 0 Å². The lowest BCUT2D eigenvalue weighted by Crippen LogP contribution is -2.17. The minimum Gasteiger partial charge on any atom is -0.459 e. The average molecular weight is 288 g/mol. The molecule has 0 radical (unpaired) electrons. The molecule has 2 aromatic heterocycles. The number of nitrogens with two attached hydrogens (primary N) is 1. The van der Waals surface area contributed by atoms with Crippen molar-refractivity contribution in [1.82, 2.24) is 15.0 Å². The molecular formula is C15H17FN4O. The summed E-state index contributed by atoms with van der Waals surface area (Å²) in [6.45, 7) is 4.69. The quantitative estimate of drug-likeness (QED) is 0.801. The van der Waals surface area contributed by atoms with E-state index in [9.17, 15) is 4.39 Å². The highest BCUT2D eigenvalue weighted by atomic mass is 19.1. The van der Waals surface area contributed by atoms with Gasteiger partial charge >= 0.3 is 0 Å². The number of halogens is 1. The van der Waals surface area contributed by atoms with E-state index in [0.29, 0.717) is 11.3 Å². The lowest BCUT2D eigenvalue weighted by molar-refractivity contribution is 0.486. The van der Waals surface area contributed by atoms with Crippen LogP contribution in [0.15, 0.2) is 28.8 Å². The fraction of sp³-hybridized carbons (Fsp3) is 0.333. The zero-order chi connectivity index (χ0) is 15.0.